The van der Waals surface area contributed by atoms with Gasteiger partial charge in [0.25, 0.3) is 11.8 Å². The van der Waals surface area contributed by atoms with Crippen LogP contribution in [0.3, 0.4) is 0 Å². The van der Waals surface area contributed by atoms with Crippen LogP contribution in [0.4, 0.5) is 0 Å². The van der Waals surface area contributed by atoms with E-state index >= 15 is 0 Å². The molecule has 1 aromatic heterocycles. The summed E-state index contributed by atoms with van der Waals surface area (Å²) < 4.78 is 7.56. The Kier molecular flexibility index (Phi) is 7.25. The number of hydrogen-bond donors (Lipinski definition) is 2. The van der Waals surface area contributed by atoms with Crippen molar-refractivity contribution in [1.29, 1.82) is 0 Å². The average Bonchev–Trinajstić information content (AvgIpc) is 3.26. The first-order chi connectivity index (χ1) is 16.1. The van der Waals surface area contributed by atoms with E-state index < -0.39 is 0 Å². The summed E-state index contributed by atoms with van der Waals surface area (Å²) in [7, 11) is 0. The largest absolute Gasteiger partial charge is 0.373 e. The van der Waals surface area contributed by atoms with Crippen LogP contribution in [0.2, 0.25) is 0 Å². The molecule has 2 N–H and O–H groups in total. The lowest BCUT2D eigenvalue weighted by atomic mass is 10.0. The number of carbonyl (C=O) groups is 2. The second-order valence-corrected chi connectivity index (χ2v) is 8.28. The van der Waals surface area contributed by atoms with Crippen LogP contribution in [0, 0.1) is 0 Å². The van der Waals surface area contributed by atoms with Gasteiger partial charge in [-0.15, -0.1) is 0 Å². The molecule has 0 radical (unpaired) electrons. The zero-order valence-electron chi connectivity index (χ0n) is 19.2. The van der Waals surface area contributed by atoms with Gasteiger partial charge >= 0.3 is 0 Å². The summed E-state index contributed by atoms with van der Waals surface area (Å²) >= 11 is 0. The Balaban J connectivity index is 1.58. The summed E-state index contributed by atoms with van der Waals surface area (Å²) in [6, 6.07) is 21.4. The van der Waals surface area contributed by atoms with Crippen molar-refractivity contribution in [3.8, 4) is 0 Å². The smallest absolute Gasteiger partial charge is 0.268 e. The van der Waals surface area contributed by atoms with E-state index in [1.807, 2.05) is 79.1 Å². The lowest BCUT2D eigenvalue weighted by Gasteiger charge is -2.22. The van der Waals surface area contributed by atoms with Crippen LogP contribution in [0.5, 0.6) is 0 Å². The van der Waals surface area contributed by atoms with Gasteiger partial charge in [-0.05, 0) is 30.0 Å². The molecule has 0 bridgehead atoms. The van der Waals surface area contributed by atoms with Crippen molar-refractivity contribution in [2.45, 2.75) is 51.9 Å². The number of nitrogens with zero attached hydrogens (tertiary/aromatic N) is 1. The molecule has 6 heteroatoms. The summed E-state index contributed by atoms with van der Waals surface area (Å²) in [6.45, 7) is 5.47. The van der Waals surface area contributed by atoms with E-state index in [4.69, 9.17) is 4.74 Å². The van der Waals surface area contributed by atoms with E-state index in [2.05, 4.69) is 10.6 Å². The van der Waals surface area contributed by atoms with Gasteiger partial charge in [-0.1, -0.05) is 74.5 Å². The fourth-order valence-corrected chi connectivity index (χ4v) is 4.39. The molecule has 1 aliphatic heterocycles. The minimum Gasteiger partial charge on any atom is -0.373 e. The number of carbonyl (C=O) groups excluding carboxylic acids is 2. The molecule has 0 saturated carbocycles. The Hall–Kier alpha value is -3.38. The minimum atomic E-state index is -0.186. The summed E-state index contributed by atoms with van der Waals surface area (Å²) in [6.07, 6.45) is 1.54. The summed E-state index contributed by atoms with van der Waals surface area (Å²) in [5, 5.41) is 6.29. The normalized spacial score (nSPS) is 14.7. The zero-order chi connectivity index (χ0) is 23.2. The second-order valence-electron chi connectivity index (χ2n) is 8.28. The Morgan fingerprint density at radius 3 is 1.97 bits per heavy atom. The molecule has 1 aliphatic rings. The second kappa shape index (κ2) is 10.5. The maximum Gasteiger partial charge on any atom is 0.268 e. The van der Waals surface area contributed by atoms with Gasteiger partial charge < -0.3 is 19.9 Å². The topological polar surface area (TPSA) is 72.4 Å². The molecule has 4 rings (SSSR count). The number of aromatic nitrogens is 1. The number of fused-ring (bicyclic) bond motifs is 1. The Morgan fingerprint density at radius 1 is 0.879 bits per heavy atom. The predicted octanol–water partition coefficient (Wildman–Crippen LogP) is 4.78. The highest BCUT2D eigenvalue weighted by molar-refractivity contribution is 6.01. The van der Waals surface area contributed by atoms with Gasteiger partial charge in [-0.3, -0.25) is 9.59 Å². The highest BCUT2D eigenvalue weighted by Gasteiger charge is 2.28. The molecule has 33 heavy (non-hydrogen) atoms. The van der Waals surface area contributed by atoms with Crippen LogP contribution in [0.25, 0.3) is 0 Å². The van der Waals surface area contributed by atoms with Crippen LogP contribution >= 0.6 is 0 Å². The fourth-order valence-electron chi connectivity index (χ4n) is 4.39. The molecule has 0 spiro atoms. The molecule has 0 aliphatic carbocycles. The highest BCUT2D eigenvalue weighted by atomic mass is 16.5. The Labute approximate surface area is 195 Å². The first kappa shape index (κ1) is 22.8. The fraction of sp³-hybridized carbons (Fsp3) is 0.333. The van der Waals surface area contributed by atoms with Gasteiger partial charge in [-0.25, -0.2) is 0 Å². The molecule has 2 heterocycles. The van der Waals surface area contributed by atoms with Gasteiger partial charge in [0.1, 0.15) is 5.69 Å². The van der Waals surface area contributed by atoms with Gasteiger partial charge in [-0.2, -0.15) is 0 Å². The van der Waals surface area contributed by atoms with Crippen LogP contribution in [0.1, 0.15) is 76.4 Å². The molecule has 3 aromatic rings. The molecular formula is C27H31N3O3. The monoisotopic (exact) mass is 445 g/mol. The third-order valence-electron chi connectivity index (χ3n) is 6.21. The van der Waals surface area contributed by atoms with E-state index in [0.29, 0.717) is 31.0 Å². The number of ether oxygens (including phenoxy) is 1. The van der Waals surface area contributed by atoms with Crippen molar-refractivity contribution in [2.24, 2.45) is 0 Å². The third kappa shape index (κ3) is 5.01. The maximum absolute atomic E-state index is 13.3. The van der Waals surface area contributed by atoms with Gasteiger partial charge in [0.05, 0.1) is 36.6 Å². The van der Waals surface area contributed by atoms with Gasteiger partial charge in [0, 0.05) is 6.54 Å². The van der Waals surface area contributed by atoms with Crippen LogP contribution in [-0.4, -0.2) is 23.0 Å². The summed E-state index contributed by atoms with van der Waals surface area (Å²) in [5.74, 6) is -0.364. The van der Waals surface area contributed by atoms with Crippen LogP contribution in [-0.2, 0) is 17.9 Å². The molecule has 172 valence electrons. The lowest BCUT2D eigenvalue weighted by molar-refractivity contribution is 0.0773. The molecular weight excluding hydrogens is 414 g/mol. The molecule has 0 fully saturated rings. The summed E-state index contributed by atoms with van der Waals surface area (Å²) in [4.78, 5) is 26.6. The number of rotatable bonds is 8. The highest BCUT2D eigenvalue weighted by Crippen LogP contribution is 2.24. The minimum absolute atomic E-state index is 0.0930. The SMILES string of the molecule is CCC(NC(=O)c1cc(C(=O)NC(CC)c2ccccc2)n2c1COCC2)c1ccccc1. The first-order valence-electron chi connectivity index (χ1n) is 11.6. The average molecular weight is 446 g/mol. The summed E-state index contributed by atoms with van der Waals surface area (Å²) in [5.41, 5.74) is 3.88. The quantitative estimate of drug-likeness (QED) is 0.524. The molecule has 2 amide bonds. The molecule has 6 nitrogen and oxygen atoms in total. The van der Waals surface area contributed by atoms with Crippen molar-refractivity contribution >= 4 is 11.8 Å². The van der Waals surface area contributed by atoms with Gasteiger partial charge in [0.2, 0.25) is 0 Å². The third-order valence-corrected chi connectivity index (χ3v) is 6.21. The van der Waals surface area contributed by atoms with Crippen molar-refractivity contribution in [3.63, 3.8) is 0 Å². The van der Waals surface area contributed by atoms with Crippen molar-refractivity contribution < 1.29 is 14.3 Å². The van der Waals surface area contributed by atoms with Crippen molar-refractivity contribution in [2.75, 3.05) is 6.61 Å². The molecule has 2 aromatic carbocycles. The number of amides is 2. The van der Waals surface area contributed by atoms with E-state index in [9.17, 15) is 9.59 Å². The number of benzene rings is 2. The van der Waals surface area contributed by atoms with E-state index in [-0.39, 0.29) is 23.9 Å². The number of hydrogen-bond acceptors (Lipinski definition) is 3. The van der Waals surface area contributed by atoms with Gasteiger partial charge in [0.15, 0.2) is 0 Å². The molecule has 2 atom stereocenters. The van der Waals surface area contributed by atoms with E-state index in [1.165, 1.54) is 0 Å². The number of nitrogens with one attached hydrogen (secondary N) is 2. The Morgan fingerprint density at radius 2 is 1.42 bits per heavy atom. The van der Waals surface area contributed by atoms with Crippen molar-refractivity contribution in [3.05, 3.63) is 94.8 Å². The zero-order valence-corrected chi connectivity index (χ0v) is 19.2. The van der Waals surface area contributed by atoms with Crippen molar-refractivity contribution in [1.82, 2.24) is 15.2 Å². The van der Waals surface area contributed by atoms with E-state index in [1.54, 1.807) is 6.07 Å². The van der Waals surface area contributed by atoms with Crippen LogP contribution < -0.4 is 10.6 Å². The molecule has 0 saturated heterocycles. The lowest BCUT2D eigenvalue weighted by Crippen LogP contribution is -2.31. The maximum atomic E-state index is 13.3. The predicted molar refractivity (Wildman–Crippen MR) is 128 cm³/mol. The Bertz CT molecular complexity index is 1010. The first-order valence-corrected chi connectivity index (χ1v) is 11.6. The molecule has 2 unspecified atom stereocenters. The standard InChI is InChI=1S/C27H31N3O3/c1-3-22(19-11-7-5-8-12-19)28-26(31)21-17-24(30-15-16-33-18-25(21)30)27(32)29-23(4-2)20-13-9-6-10-14-20/h5-14,17,22-23H,3-4,15-16,18H2,1-2H3,(H,28,31)(H,29,32). The van der Waals surface area contributed by atoms with Crippen LogP contribution in [0.15, 0.2) is 66.7 Å². The van der Waals surface area contributed by atoms with E-state index in [0.717, 1.165) is 29.7 Å².